The molecule has 3 aromatic heterocycles. The van der Waals surface area contributed by atoms with Crippen molar-refractivity contribution in [1.29, 1.82) is 0 Å². The zero-order valence-electron chi connectivity index (χ0n) is 28.9. The minimum atomic E-state index is 0.594. The third kappa shape index (κ3) is 4.90. The van der Waals surface area contributed by atoms with Gasteiger partial charge in [0.2, 0.25) is 5.89 Å². The Balaban J connectivity index is 1.07. The van der Waals surface area contributed by atoms with E-state index in [1.165, 1.54) is 16.7 Å². The second-order valence-electron chi connectivity index (χ2n) is 13.5. The van der Waals surface area contributed by atoms with E-state index in [1.54, 1.807) is 0 Å². The molecule has 0 aliphatic heterocycles. The fourth-order valence-corrected chi connectivity index (χ4v) is 7.79. The molecular formula is C49H30N2O3. The quantitative estimate of drug-likeness (QED) is 0.173. The molecule has 0 aliphatic carbocycles. The summed E-state index contributed by atoms with van der Waals surface area (Å²) in [6.45, 7) is 0. The molecule has 0 spiro atoms. The van der Waals surface area contributed by atoms with Crippen LogP contribution in [0.3, 0.4) is 0 Å². The largest absolute Gasteiger partial charge is 0.456 e. The first-order valence-electron chi connectivity index (χ1n) is 18.0. The van der Waals surface area contributed by atoms with E-state index in [-0.39, 0.29) is 0 Å². The Morgan fingerprint density at radius 2 is 1.00 bits per heavy atom. The van der Waals surface area contributed by atoms with Crippen molar-refractivity contribution in [2.45, 2.75) is 0 Å². The molecular weight excluding hydrogens is 665 g/mol. The van der Waals surface area contributed by atoms with Crippen molar-refractivity contribution in [2.75, 3.05) is 4.90 Å². The summed E-state index contributed by atoms with van der Waals surface area (Å²) in [4.78, 5) is 7.08. The van der Waals surface area contributed by atoms with Gasteiger partial charge >= 0.3 is 0 Å². The standard InChI is InChI=1S/C49H30N2O3/c1-3-12-31(13-4-1)36-16-7-8-17-37(36)32-22-24-34(25-23-32)51(42-19-11-21-44-48(42)39-18-9-10-20-43(39)52-44)35-26-27-38-40-29-47-41(30-46(40)53-45(38)28-35)50-49(54-47)33-14-5-2-6-15-33/h1-30H. The first kappa shape index (κ1) is 30.3. The van der Waals surface area contributed by atoms with Crippen LogP contribution in [0.2, 0.25) is 0 Å². The summed E-state index contributed by atoms with van der Waals surface area (Å²) in [5.41, 5.74) is 13.4. The monoisotopic (exact) mass is 694 g/mol. The Kier molecular flexibility index (Phi) is 6.79. The van der Waals surface area contributed by atoms with Crippen molar-refractivity contribution in [3.05, 3.63) is 182 Å². The highest BCUT2D eigenvalue weighted by molar-refractivity contribution is 6.14. The predicted molar refractivity (Wildman–Crippen MR) is 220 cm³/mol. The van der Waals surface area contributed by atoms with E-state index in [0.717, 1.165) is 83.2 Å². The summed E-state index contributed by atoms with van der Waals surface area (Å²) >= 11 is 0. The van der Waals surface area contributed by atoms with Gasteiger partial charge in [-0.3, -0.25) is 0 Å². The van der Waals surface area contributed by atoms with Gasteiger partial charge in [-0.05, 0) is 82.9 Å². The molecule has 11 rings (SSSR count). The Bertz CT molecular complexity index is 3160. The smallest absolute Gasteiger partial charge is 0.227 e. The van der Waals surface area contributed by atoms with Gasteiger partial charge in [0.25, 0.3) is 0 Å². The summed E-state index contributed by atoms with van der Waals surface area (Å²) in [7, 11) is 0. The highest BCUT2D eigenvalue weighted by Crippen LogP contribution is 2.45. The summed E-state index contributed by atoms with van der Waals surface area (Å²) in [6.07, 6.45) is 0. The molecule has 0 atom stereocenters. The second-order valence-corrected chi connectivity index (χ2v) is 13.5. The molecule has 0 bridgehead atoms. The van der Waals surface area contributed by atoms with E-state index in [0.29, 0.717) is 5.89 Å². The third-order valence-corrected chi connectivity index (χ3v) is 10.3. The topological polar surface area (TPSA) is 55.6 Å². The van der Waals surface area contributed by atoms with Gasteiger partial charge in [0.05, 0.1) is 11.1 Å². The molecule has 3 heterocycles. The Morgan fingerprint density at radius 3 is 1.80 bits per heavy atom. The van der Waals surface area contributed by atoms with Crippen LogP contribution in [0, 0.1) is 0 Å². The minimum absolute atomic E-state index is 0.594. The molecule has 254 valence electrons. The number of nitrogens with zero attached hydrogens (tertiary/aromatic N) is 2. The Labute approximate surface area is 309 Å². The molecule has 0 radical (unpaired) electrons. The van der Waals surface area contributed by atoms with Crippen molar-refractivity contribution < 1.29 is 13.3 Å². The number of furan rings is 2. The van der Waals surface area contributed by atoms with Gasteiger partial charge in [0.15, 0.2) is 5.58 Å². The number of para-hydroxylation sites is 1. The van der Waals surface area contributed by atoms with Crippen LogP contribution in [-0.4, -0.2) is 4.98 Å². The number of oxazole rings is 1. The molecule has 0 amide bonds. The lowest BCUT2D eigenvalue weighted by molar-refractivity contribution is 0.620. The van der Waals surface area contributed by atoms with Crippen LogP contribution in [-0.2, 0) is 0 Å². The molecule has 0 unspecified atom stereocenters. The maximum absolute atomic E-state index is 6.59. The van der Waals surface area contributed by atoms with Crippen LogP contribution < -0.4 is 4.90 Å². The molecule has 0 saturated heterocycles. The van der Waals surface area contributed by atoms with Gasteiger partial charge in [0, 0.05) is 45.2 Å². The van der Waals surface area contributed by atoms with E-state index in [9.17, 15) is 0 Å². The minimum Gasteiger partial charge on any atom is -0.456 e. The fraction of sp³-hybridized carbons (Fsp3) is 0. The van der Waals surface area contributed by atoms with Crippen LogP contribution >= 0.6 is 0 Å². The predicted octanol–water partition coefficient (Wildman–Crippen LogP) is 14.1. The van der Waals surface area contributed by atoms with E-state index in [4.69, 9.17) is 18.2 Å². The van der Waals surface area contributed by atoms with Crippen molar-refractivity contribution in [3.63, 3.8) is 0 Å². The first-order valence-corrected chi connectivity index (χ1v) is 18.0. The molecule has 5 nitrogen and oxygen atoms in total. The van der Waals surface area contributed by atoms with Crippen molar-refractivity contribution in [3.8, 4) is 33.7 Å². The average Bonchev–Trinajstić information content (AvgIpc) is 3.94. The summed E-state index contributed by atoms with van der Waals surface area (Å²) in [6, 6.07) is 62.8. The lowest BCUT2D eigenvalue weighted by atomic mass is 9.94. The number of aromatic nitrogens is 1. The van der Waals surface area contributed by atoms with Crippen molar-refractivity contribution in [1.82, 2.24) is 4.98 Å². The summed E-state index contributed by atoms with van der Waals surface area (Å²) in [5, 5.41) is 4.11. The van der Waals surface area contributed by atoms with E-state index in [2.05, 4.69) is 126 Å². The second kappa shape index (κ2) is 12.1. The van der Waals surface area contributed by atoms with Gasteiger partial charge in [-0.25, -0.2) is 4.98 Å². The normalized spacial score (nSPS) is 11.7. The number of anilines is 3. The molecule has 0 saturated carbocycles. The van der Waals surface area contributed by atoms with Crippen molar-refractivity contribution in [2.24, 2.45) is 0 Å². The Morgan fingerprint density at radius 1 is 0.370 bits per heavy atom. The lowest BCUT2D eigenvalue weighted by Gasteiger charge is -2.26. The number of fused-ring (bicyclic) bond motifs is 7. The lowest BCUT2D eigenvalue weighted by Crippen LogP contribution is -2.10. The third-order valence-electron chi connectivity index (χ3n) is 10.3. The molecule has 11 aromatic rings. The first-order chi connectivity index (χ1) is 26.7. The van der Waals surface area contributed by atoms with Crippen LogP contribution in [0.1, 0.15) is 0 Å². The molecule has 8 aromatic carbocycles. The fourth-order valence-electron chi connectivity index (χ4n) is 7.79. The number of benzene rings is 8. The van der Waals surface area contributed by atoms with Crippen LogP contribution in [0.25, 0.3) is 88.7 Å². The number of hydrogen-bond donors (Lipinski definition) is 0. The van der Waals surface area contributed by atoms with Gasteiger partial charge in [-0.2, -0.15) is 0 Å². The zero-order chi connectivity index (χ0) is 35.6. The van der Waals surface area contributed by atoms with Gasteiger partial charge < -0.3 is 18.2 Å². The van der Waals surface area contributed by atoms with E-state index in [1.807, 2.05) is 60.7 Å². The summed E-state index contributed by atoms with van der Waals surface area (Å²) < 4.78 is 19.2. The van der Waals surface area contributed by atoms with Crippen LogP contribution in [0.15, 0.2) is 195 Å². The van der Waals surface area contributed by atoms with Crippen molar-refractivity contribution >= 4 is 72.0 Å². The zero-order valence-corrected chi connectivity index (χ0v) is 28.9. The molecule has 5 heteroatoms. The maximum atomic E-state index is 6.59. The number of hydrogen-bond acceptors (Lipinski definition) is 5. The maximum Gasteiger partial charge on any atom is 0.227 e. The van der Waals surface area contributed by atoms with Crippen LogP contribution in [0.5, 0.6) is 0 Å². The van der Waals surface area contributed by atoms with E-state index >= 15 is 0 Å². The SMILES string of the molecule is c1ccc(-c2nc3cc4oc5cc(N(c6ccc(-c7ccccc7-c7ccccc7)cc6)c6cccc7oc8ccccc8c67)ccc5c4cc3o2)cc1. The summed E-state index contributed by atoms with van der Waals surface area (Å²) in [5.74, 6) is 0.594. The van der Waals surface area contributed by atoms with E-state index < -0.39 is 0 Å². The van der Waals surface area contributed by atoms with Gasteiger partial charge in [-0.1, -0.05) is 109 Å². The highest BCUT2D eigenvalue weighted by Gasteiger charge is 2.21. The molecule has 0 aliphatic rings. The molecule has 0 fully saturated rings. The van der Waals surface area contributed by atoms with Gasteiger partial charge in [0.1, 0.15) is 27.8 Å². The average molecular weight is 695 g/mol. The van der Waals surface area contributed by atoms with Crippen LogP contribution in [0.4, 0.5) is 17.1 Å². The highest BCUT2D eigenvalue weighted by atomic mass is 16.4. The molecule has 0 N–H and O–H groups in total. The molecule has 54 heavy (non-hydrogen) atoms. The number of rotatable bonds is 6. The Hall–Kier alpha value is -7.37. The van der Waals surface area contributed by atoms with Gasteiger partial charge in [-0.15, -0.1) is 0 Å².